The molecule has 4 rings (SSSR count). The number of anilines is 4. The summed E-state index contributed by atoms with van der Waals surface area (Å²) >= 11 is 0. The van der Waals surface area contributed by atoms with Gasteiger partial charge in [0.15, 0.2) is 5.58 Å². The van der Waals surface area contributed by atoms with Crippen LogP contribution in [0.4, 0.5) is 22.7 Å². The molecule has 1 heterocycles. The Kier molecular flexibility index (Phi) is 2.69. The highest BCUT2D eigenvalue weighted by molar-refractivity contribution is 6.13. The van der Waals surface area contributed by atoms with Gasteiger partial charge in [0.2, 0.25) is 5.43 Å². The smallest absolute Gasteiger partial charge is 0.202 e. The maximum Gasteiger partial charge on any atom is 0.202 e. The molecule has 3 aromatic carbocycles. The van der Waals surface area contributed by atoms with Crippen molar-refractivity contribution < 1.29 is 4.42 Å². The van der Waals surface area contributed by atoms with Crippen LogP contribution in [0, 0.1) is 6.92 Å². The van der Waals surface area contributed by atoms with Crippen LogP contribution in [-0.4, -0.2) is 0 Å². The predicted octanol–water partition coefficient (Wildman–Crippen LogP) is 2.74. The summed E-state index contributed by atoms with van der Waals surface area (Å²) in [6.07, 6.45) is 0. The van der Waals surface area contributed by atoms with Gasteiger partial charge in [-0.15, -0.1) is 0 Å². The second-order valence-electron chi connectivity index (χ2n) is 5.91. The van der Waals surface area contributed by atoms with Gasteiger partial charge < -0.3 is 27.4 Å². The lowest BCUT2D eigenvalue weighted by Crippen LogP contribution is -2.06. The first kappa shape index (κ1) is 14.2. The van der Waals surface area contributed by atoms with Crippen molar-refractivity contribution in [1.29, 1.82) is 0 Å². The predicted molar refractivity (Wildman–Crippen MR) is 99.9 cm³/mol. The molecule has 0 unspecified atom stereocenters. The van der Waals surface area contributed by atoms with Crippen molar-refractivity contribution in [3.8, 4) is 0 Å². The van der Waals surface area contributed by atoms with Gasteiger partial charge in [0.05, 0.1) is 17.1 Å². The zero-order valence-electron chi connectivity index (χ0n) is 13.0. The zero-order chi connectivity index (χ0) is 17.2. The molecule has 120 valence electrons. The van der Waals surface area contributed by atoms with Gasteiger partial charge >= 0.3 is 0 Å². The van der Waals surface area contributed by atoms with Gasteiger partial charge in [-0.25, -0.2) is 0 Å². The molecule has 0 saturated heterocycles. The monoisotopic (exact) mass is 320 g/mol. The average molecular weight is 320 g/mol. The summed E-state index contributed by atoms with van der Waals surface area (Å²) in [7, 11) is 0. The number of rotatable bonds is 0. The van der Waals surface area contributed by atoms with E-state index in [2.05, 4.69) is 0 Å². The van der Waals surface area contributed by atoms with Gasteiger partial charge in [-0.1, -0.05) is 12.1 Å². The van der Waals surface area contributed by atoms with Crippen LogP contribution in [0.5, 0.6) is 0 Å². The van der Waals surface area contributed by atoms with E-state index in [-0.39, 0.29) is 11.1 Å². The molecule has 0 bridgehead atoms. The van der Waals surface area contributed by atoms with Crippen molar-refractivity contribution >= 4 is 55.5 Å². The van der Waals surface area contributed by atoms with Crippen molar-refractivity contribution in [1.82, 2.24) is 0 Å². The molecule has 6 heteroatoms. The molecule has 0 radical (unpaired) electrons. The lowest BCUT2D eigenvalue weighted by molar-refractivity contribution is 0.665. The molecular formula is C18H16N4O2. The second kappa shape index (κ2) is 4.55. The summed E-state index contributed by atoms with van der Waals surface area (Å²) in [4.78, 5) is 11.8. The van der Waals surface area contributed by atoms with Gasteiger partial charge in [-0.2, -0.15) is 0 Å². The first-order valence-corrected chi connectivity index (χ1v) is 7.42. The standard InChI is InChI=1S/C18H16N4O2/c1-7-8-2-3-9-10(4-5-13(23)14(9)20)17(8)24-18-11(7)6-12(19)15(21)16(18)22/h2-6H,19-22H2,1H3. The van der Waals surface area contributed by atoms with Crippen molar-refractivity contribution in [2.24, 2.45) is 0 Å². The molecular weight excluding hydrogens is 304 g/mol. The van der Waals surface area contributed by atoms with Crippen LogP contribution in [0.2, 0.25) is 0 Å². The Bertz CT molecular complexity index is 1230. The van der Waals surface area contributed by atoms with Gasteiger partial charge in [0.25, 0.3) is 0 Å². The van der Waals surface area contributed by atoms with E-state index in [1.54, 1.807) is 12.1 Å². The molecule has 0 atom stereocenters. The molecule has 0 aliphatic carbocycles. The summed E-state index contributed by atoms with van der Waals surface area (Å²) in [5, 5.41) is 3.11. The van der Waals surface area contributed by atoms with Gasteiger partial charge in [0.1, 0.15) is 11.3 Å². The Morgan fingerprint density at radius 1 is 0.750 bits per heavy atom. The van der Waals surface area contributed by atoms with Crippen molar-refractivity contribution in [3.05, 3.63) is 46.1 Å². The quantitative estimate of drug-likeness (QED) is 0.223. The molecule has 1 aromatic heterocycles. The highest BCUT2D eigenvalue weighted by Gasteiger charge is 2.16. The molecule has 8 N–H and O–H groups in total. The summed E-state index contributed by atoms with van der Waals surface area (Å²) in [5.41, 5.74) is 26.9. The lowest BCUT2D eigenvalue weighted by atomic mass is 9.99. The van der Waals surface area contributed by atoms with Crippen LogP contribution in [0.1, 0.15) is 5.56 Å². The minimum atomic E-state index is -0.212. The highest BCUT2D eigenvalue weighted by atomic mass is 16.3. The molecule has 0 aliphatic heterocycles. The lowest BCUT2D eigenvalue weighted by Gasteiger charge is -2.13. The SMILES string of the molecule is Cc1c2cc(N)c(N)c(N)c2oc2c1ccc1c(N)c(=O)ccc12. The Hall–Kier alpha value is -3.41. The van der Waals surface area contributed by atoms with E-state index < -0.39 is 0 Å². The number of benzene rings is 3. The maximum atomic E-state index is 11.8. The third kappa shape index (κ3) is 1.68. The van der Waals surface area contributed by atoms with Crippen LogP contribution in [-0.2, 0) is 0 Å². The number of nitrogen functional groups attached to an aromatic ring is 4. The largest absolute Gasteiger partial charge is 0.453 e. The topological polar surface area (TPSA) is 134 Å². The third-order valence-electron chi connectivity index (χ3n) is 4.56. The Balaban J connectivity index is 2.31. The fourth-order valence-electron chi connectivity index (χ4n) is 3.14. The van der Waals surface area contributed by atoms with Crippen molar-refractivity contribution in [2.75, 3.05) is 22.9 Å². The van der Waals surface area contributed by atoms with Crippen LogP contribution >= 0.6 is 0 Å². The number of fused-ring (bicyclic) bond motifs is 4. The molecule has 0 amide bonds. The van der Waals surface area contributed by atoms with E-state index in [0.29, 0.717) is 33.6 Å². The van der Waals surface area contributed by atoms with E-state index in [4.69, 9.17) is 27.4 Å². The Labute approximate surface area is 136 Å². The van der Waals surface area contributed by atoms with Gasteiger partial charge in [0, 0.05) is 21.5 Å². The maximum absolute atomic E-state index is 11.8. The molecule has 4 aromatic rings. The van der Waals surface area contributed by atoms with E-state index >= 15 is 0 Å². The average Bonchev–Trinajstić information content (AvgIpc) is 2.57. The summed E-state index contributed by atoms with van der Waals surface area (Å²) in [5.74, 6) is 0. The summed E-state index contributed by atoms with van der Waals surface area (Å²) < 4.78 is 6.08. The molecule has 0 fully saturated rings. The second-order valence-corrected chi connectivity index (χ2v) is 5.91. The first-order chi connectivity index (χ1) is 11.4. The van der Waals surface area contributed by atoms with Crippen LogP contribution in [0.3, 0.4) is 0 Å². The highest BCUT2D eigenvalue weighted by Crippen LogP contribution is 2.39. The molecule has 6 nitrogen and oxygen atoms in total. The van der Waals surface area contributed by atoms with Crippen molar-refractivity contribution in [2.45, 2.75) is 6.92 Å². The molecule has 0 spiro atoms. The fraction of sp³-hybridized carbons (Fsp3) is 0.0556. The number of aryl methyl sites for hydroxylation is 1. The van der Waals surface area contributed by atoms with E-state index in [1.165, 1.54) is 6.07 Å². The van der Waals surface area contributed by atoms with Crippen molar-refractivity contribution in [3.63, 3.8) is 0 Å². The zero-order valence-corrected chi connectivity index (χ0v) is 13.0. The normalized spacial score (nSPS) is 11.5. The fourth-order valence-corrected chi connectivity index (χ4v) is 3.14. The van der Waals surface area contributed by atoms with E-state index in [0.717, 1.165) is 21.7 Å². The van der Waals surface area contributed by atoms with Crippen LogP contribution < -0.4 is 28.4 Å². The molecule has 0 aliphatic rings. The first-order valence-electron chi connectivity index (χ1n) is 7.42. The number of nitrogens with two attached hydrogens (primary N) is 4. The van der Waals surface area contributed by atoms with Gasteiger partial charge in [-0.05, 0) is 30.7 Å². The van der Waals surface area contributed by atoms with E-state index in [1.807, 2.05) is 19.1 Å². The summed E-state index contributed by atoms with van der Waals surface area (Å²) in [6, 6.07) is 8.62. The number of hydrogen-bond donors (Lipinski definition) is 4. The Morgan fingerprint density at radius 3 is 2.17 bits per heavy atom. The minimum absolute atomic E-state index is 0.201. The van der Waals surface area contributed by atoms with Gasteiger partial charge in [-0.3, -0.25) is 4.79 Å². The molecule has 24 heavy (non-hydrogen) atoms. The third-order valence-corrected chi connectivity index (χ3v) is 4.56. The Morgan fingerprint density at radius 2 is 1.42 bits per heavy atom. The van der Waals surface area contributed by atoms with Crippen LogP contribution in [0.25, 0.3) is 32.7 Å². The van der Waals surface area contributed by atoms with Crippen LogP contribution in [0.15, 0.2) is 39.5 Å². The minimum Gasteiger partial charge on any atom is -0.453 e. The summed E-state index contributed by atoms with van der Waals surface area (Å²) in [6.45, 7) is 1.96. The van der Waals surface area contributed by atoms with E-state index in [9.17, 15) is 4.79 Å². The number of hydrogen-bond acceptors (Lipinski definition) is 6. The molecule has 0 saturated carbocycles.